The van der Waals surface area contributed by atoms with Crippen molar-refractivity contribution >= 4 is 11.8 Å². The van der Waals surface area contributed by atoms with E-state index in [0.717, 1.165) is 17.4 Å². The van der Waals surface area contributed by atoms with Crippen LogP contribution >= 0.6 is 11.8 Å². The van der Waals surface area contributed by atoms with Crippen LogP contribution in [0.25, 0.3) is 0 Å². The fourth-order valence-corrected chi connectivity index (χ4v) is 3.79. The fourth-order valence-electron chi connectivity index (χ4n) is 2.49. The average Bonchev–Trinajstić information content (AvgIpc) is 2.88. The van der Waals surface area contributed by atoms with Gasteiger partial charge in [0.1, 0.15) is 0 Å². The third-order valence-electron chi connectivity index (χ3n) is 3.56. The summed E-state index contributed by atoms with van der Waals surface area (Å²) in [5.41, 5.74) is 1.44. The molecule has 2 aromatic carbocycles. The summed E-state index contributed by atoms with van der Waals surface area (Å²) < 4.78 is 26.8. The fraction of sp³-hybridized carbons (Fsp3) is 0.250. The molecule has 0 radical (unpaired) electrons. The first-order valence-electron chi connectivity index (χ1n) is 6.50. The van der Waals surface area contributed by atoms with Gasteiger partial charge in [-0.25, -0.2) is 8.78 Å². The molecule has 1 heterocycles. The largest absolute Gasteiger partial charge is 0.392 e. The highest BCUT2D eigenvalue weighted by molar-refractivity contribution is 8.00. The van der Waals surface area contributed by atoms with Crippen molar-refractivity contribution in [3.63, 3.8) is 0 Å². The number of halogens is 2. The number of aliphatic hydroxyl groups excluding tert-OH is 1. The summed E-state index contributed by atoms with van der Waals surface area (Å²) in [4.78, 5) is 1.16. The van der Waals surface area contributed by atoms with Gasteiger partial charge in [-0.2, -0.15) is 0 Å². The zero-order chi connectivity index (χ0) is 14.1. The van der Waals surface area contributed by atoms with Crippen molar-refractivity contribution in [1.29, 1.82) is 0 Å². The van der Waals surface area contributed by atoms with Gasteiger partial charge >= 0.3 is 0 Å². The van der Waals surface area contributed by atoms with Crippen LogP contribution in [0.1, 0.15) is 11.1 Å². The molecule has 20 heavy (non-hydrogen) atoms. The third-order valence-corrected chi connectivity index (χ3v) is 5.00. The summed E-state index contributed by atoms with van der Waals surface area (Å²) in [6, 6.07) is 12.1. The van der Waals surface area contributed by atoms with E-state index in [1.54, 1.807) is 11.8 Å². The van der Waals surface area contributed by atoms with Gasteiger partial charge in [-0.15, -0.1) is 11.8 Å². The Hall–Kier alpha value is -1.39. The number of hydrogen-bond donors (Lipinski definition) is 1. The lowest BCUT2D eigenvalue weighted by Gasteiger charge is -2.17. The van der Waals surface area contributed by atoms with Gasteiger partial charge < -0.3 is 5.11 Å². The Morgan fingerprint density at radius 1 is 1.15 bits per heavy atom. The lowest BCUT2D eigenvalue weighted by molar-refractivity contribution is 0.170. The van der Waals surface area contributed by atoms with E-state index in [4.69, 9.17) is 0 Å². The van der Waals surface area contributed by atoms with Crippen LogP contribution in [-0.4, -0.2) is 16.5 Å². The standard InChI is InChI=1S/C16H14F2OS/c17-12-6-3-5-11(16(12)18)8-13(19)15-9-10-4-1-2-7-14(10)20-15/h1-7,13,15,19H,8-9H2. The minimum atomic E-state index is -0.864. The van der Waals surface area contributed by atoms with E-state index < -0.39 is 17.7 Å². The number of aliphatic hydroxyl groups is 1. The molecule has 0 aliphatic carbocycles. The summed E-state index contributed by atoms with van der Waals surface area (Å²) in [5, 5.41) is 10.3. The maximum Gasteiger partial charge on any atom is 0.162 e. The Morgan fingerprint density at radius 3 is 2.75 bits per heavy atom. The van der Waals surface area contributed by atoms with Crippen LogP contribution in [0.5, 0.6) is 0 Å². The van der Waals surface area contributed by atoms with Crippen LogP contribution in [0.2, 0.25) is 0 Å². The normalized spacial score (nSPS) is 18.9. The summed E-state index contributed by atoms with van der Waals surface area (Å²) in [7, 11) is 0. The molecule has 3 rings (SSSR count). The molecule has 1 N–H and O–H groups in total. The molecular formula is C16H14F2OS. The molecule has 1 nitrogen and oxygen atoms in total. The Bertz CT molecular complexity index is 605. The van der Waals surface area contributed by atoms with Crippen molar-refractivity contribution in [3.8, 4) is 0 Å². The monoisotopic (exact) mass is 292 g/mol. The topological polar surface area (TPSA) is 20.2 Å². The summed E-state index contributed by atoms with van der Waals surface area (Å²) >= 11 is 1.61. The first-order valence-corrected chi connectivity index (χ1v) is 7.38. The Kier molecular flexibility index (Phi) is 3.76. The summed E-state index contributed by atoms with van der Waals surface area (Å²) in [6.07, 6.45) is 0.206. The van der Waals surface area contributed by atoms with Gasteiger partial charge in [-0.05, 0) is 29.7 Å². The average molecular weight is 292 g/mol. The summed E-state index contributed by atoms with van der Waals surface area (Å²) in [5.74, 6) is -1.72. The van der Waals surface area contributed by atoms with Crippen LogP contribution in [0.15, 0.2) is 47.4 Å². The van der Waals surface area contributed by atoms with Crippen LogP contribution in [0, 0.1) is 11.6 Å². The van der Waals surface area contributed by atoms with E-state index in [9.17, 15) is 13.9 Å². The molecule has 2 atom stereocenters. The summed E-state index contributed by atoms with van der Waals surface area (Å²) in [6.45, 7) is 0. The van der Waals surface area contributed by atoms with Gasteiger partial charge in [0.05, 0.1) is 6.10 Å². The quantitative estimate of drug-likeness (QED) is 0.933. The van der Waals surface area contributed by atoms with Crippen LogP contribution < -0.4 is 0 Å². The first kappa shape index (κ1) is 13.6. The van der Waals surface area contributed by atoms with Crippen molar-refractivity contribution in [2.45, 2.75) is 29.1 Å². The van der Waals surface area contributed by atoms with Crippen molar-refractivity contribution in [3.05, 3.63) is 65.2 Å². The third kappa shape index (κ3) is 2.58. The van der Waals surface area contributed by atoms with E-state index in [1.165, 1.54) is 17.7 Å². The minimum absolute atomic E-state index is 0.00457. The Balaban J connectivity index is 1.72. The molecule has 4 heteroatoms. The van der Waals surface area contributed by atoms with Gasteiger partial charge in [0.2, 0.25) is 0 Å². The number of hydrogen-bond acceptors (Lipinski definition) is 2. The second-order valence-corrected chi connectivity index (χ2v) is 6.23. The van der Waals surface area contributed by atoms with Crippen molar-refractivity contribution in [2.75, 3.05) is 0 Å². The van der Waals surface area contributed by atoms with Gasteiger partial charge in [0.15, 0.2) is 11.6 Å². The molecular weight excluding hydrogens is 278 g/mol. The van der Waals surface area contributed by atoms with E-state index in [1.807, 2.05) is 24.3 Å². The van der Waals surface area contributed by atoms with Crippen LogP contribution in [0.3, 0.4) is 0 Å². The number of thioether (sulfide) groups is 1. The molecule has 104 valence electrons. The van der Waals surface area contributed by atoms with Gasteiger partial charge in [-0.1, -0.05) is 30.3 Å². The molecule has 1 aliphatic heterocycles. The first-order chi connectivity index (χ1) is 9.65. The molecule has 0 bridgehead atoms. The van der Waals surface area contributed by atoms with E-state index in [-0.39, 0.29) is 17.2 Å². The van der Waals surface area contributed by atoms with Crippen molar-refractivity contribution in [1.82, 2.24) is 0 Å². The maximum atomic E-state index is 13.6. The van der Waals surface area contributed by atoms with E-state index in [2.05, 4.69) is 0 Å². The molecule has 2 aromatic rings. The predicted octanol–water partition coefficient (Wildman–Crippen LogP) is 3.59. The molecule has 0 fully saturated rings. The van der Waals surface area contributed by atoms with Gasteiger partial charge in [0.25, 0.3) is 0 Å². The number of fused-ring (bicyclic) bond motifs is 1. The molecule has 0 spiro atoms. The van der Waals surface area contributed by atoms with Crippen molar-refractivity contribution < 1.29 is 13.9 Å². The number of benzene rings is 2. The SMILES string of the molecule is OC(Cc1cccc(F)c1F)C1Cc2ccccc2S1. The zero-order valence-corrected chi connectivity index (χ0v) is 11.5. The lowest BCUT2D eigenvalue weighted by atomic mass is 10.0. The Morgan fingerprint density at radius 2 is 1.95 bits per heavy atom. The molecule has 0 saturated heterocycles. The predicted molar refractivity (Wildman–Crippen MR) is 75.9 cm³/mol. The van der Waals surface area contributed by atoms with Gasteiger partial charge in [-0.3, -0.25) is 0 Å². The molecule has 0 aromatic heterocycles. The maximum absolute atomic E-state index is 13.6. The molecule has 0 saturated carbocycles. The van der Waals surface area contributed by atoms with E-state index >= 15 is 0 Å². The highest BCUT2D eigenvalue weighted by Gasteiger charge is 2.28. The van der Waals surface area contributed by atoms with Gasteiger partial charge in [0, 0.05) is 16.6 Å². The number of rotatable bonds is 3. The minimum Gasteiger partial charge on any atom is -0.392 e. The van der Waals surface area contributed by atoms with Crippen LogP contribution in [-0.2, 0) is 12.8 Å². The highest BCUT2D eigenvalue weighted by Crippen LogP contribution is 2.39. The second-order valence-electron chi connectivity index (χ2n) is 4.95. The van der Waals surface area contributed by atoms with E-state index in [0.29, 0.717) is 0 Å². The highest BCUT2D eigenvalue weighted by atomic mass is 32.2. The molecule has 1 aliphatic rings. The molecule has 2 unspecified atom stereocenters. The van der Waals surface area contributed by atoms with Crippen molar-refractivity contribution in [2.24, 2.45) is 0 Å². The molecule has 0 amide bonds. The zero-order valence-electron chi connectivity index (χ0n) is 10.7. The van der Waals surface area contributed by atoms with Crippen LogP contribution in [0.4, 0.5) is 8.78 Å². The second kappa shape index (κ2) is 5.54. The Labute approximate surface area is 120 Å². The lowest BCUT2D eigenvalue weighted by Crippen LogP contribution is -2.25. The smallest absolute Gasteiger partial charge is 0.162 e.